The first-order valence-electron chi connectivity index (χ1n) is 4.28. The van der Waals surface area contributed by atoms with Crippen molar-refractivity contribution in [1.29, 1.82) is 0 Å². The minimum absolute atomic E-state index is 0.0188. The summed E-state index contributed by atoms with van der Waals surface area (Å²) in [6, 6.07) is 1.82. The summed E-state index contributed by atoms with van der Waals surface area (Å²) in [7, 11) is 0. The van der Waals surface area contributed by atoms with Crippen LogP contribution in [0.4, 0.5) is 0 Å². The summed E-state index contributed by atoms with van der Waals surface area (Å²) in [6.45, 7) is 6.28. The van der Waals surface area contributed by atoms with Gasteiger partial charge in [-0.15, -0.1) is 0 Å². The van der Waals surface area contributed by atoms with Crippen molar-refractivity contribution in [2.24, 2.45) is 11.1 Å². The van der Waals surface area contributed by atoms with Crippen molar-refractivity contribution < 1.29 is 0 Å². The van der Waals surface area contributed by atoms with Crippen LogP contribution in [0.1, 0.15) is 32.4 Å². The van der Waals surface area contributed by atoms with Gasteiger partial charge in [0.05, 0.1) is 5.02 Å². The number of halogens is 1. The second-order valence-electron chi connectivity index (χ2n) is 4.24. The predicted molar refractivity (Wildman–Crippen MR) is 55.6 cm³/mol. The lowest BCUT2D eigenvalue weighted by Gasteiger charge is -2.27. The number of hydrogen-bond acceptors (Lipinski definition) is 2. The zero-order valence-electron chi connectivity index (χ0n) is 8.21. The van der Waals surface area contributed by atoms with Crippen LogP contribution in [0, 0.1) is 5.41 Å². The summed E-state index contributed by atoms with van der Waals surface area (Å²) in [5.74, 6) is 0. The van der Waals surface area contributed by atoms with Crippen LogP contribution in [0.2, 0.25) is 5.02 Å². The molecule has 1 rings (SSSR count). The van der Waals surface area contributed by atoms with E-state index in [1.165, 1.54) is 0 Å². The van der Waals surface area contributed by atoms with Gasteiger partial charge < -0.3 is 5.73 Å². The number of nitrogens with zero attached hydrogens (tertiary/aromatic N) is 1. The summed E-state index contributed by atoms with van der Waals surface area (Å²) < 4.78 is 0. The first-order valence-corrected chi connectivity index (χ1v) is 4.65. The molecule has 0 amide bonds. The van der Waals surface area contributed by atoms with Crippen LogP contribution in [-0.2, 0) is 0 Å². The molecule has 0 aliphatic heterocycles. The molecule has 0 aliphatic carbocycles. The molecule has 1 atom stereocenters. The molecule has 0 spiro atoms. The quantitative estimate of drug-likeness (QED) is 0.754. The summed E-state index contributed by atoms with van der Waals surface area (Å²) in [4.78, 5) is 3.92. The van der Waals surface area contributed by atoms with Gasteiger partial charge in [-0.2, -0.15) is 0 Å². The maximum Gasteiger partial charge on any atom is 0.0637 e. The van der Waals surface area contributed by atoms with E-state index in [-0.39, 0.29) is 11.5 Å². The minimum atomic E-state index is -0.0528. The van der Waals surface area contributed by atoms with Crippen LogP contribution in [0.5, 0.6) is 0 Å². The van der Waals surface area contributed by atoms with Gasteiger partial charge in [-0.05, 0) is 17.0 Å². The molecule has 0 radical (unpaired) electrons. The van der Waals surface area contributed by atoms with Crippen molar-refractivity contribution in [1.82, 2.24) is 4.98 Å². The summed E-state index contributed by atoms with van der Waals surface area (Å²) in [5.41, 5.74) is 7.04. The van der Waals surface area contributed by atoms with Crippen LogP contribution in [-0.4, -0.2) is 4.98 Å². The van der Waals surface area contributed by atoms with Gasteiger partial charge in [-0.1, -0.05) is 32.4 Å². The Morgan fingerprint density at radius 1 is 1.46 bits per heavy atom. The Morgan fingerprint density at radius 2 is 2.08 bits per heavy atom. The fourth-order valence-corrected chi connectivity index (χ4v) is 1.34. The third kappa shape index (κ3) is 2.42. The molecule has 0 saturated heterocycles. The van der Waals surface area contributed by atoms with E-state index in [2.05, 4.69) is 25.8 Å². The monoisotopic (exact) mass is 198 g/mol. The molecule has 1 aromatic rings. The van der Waals surface area contributed by atoms with Crippen molar-refractivity contribution in [2.75, 3.05) is 0 Å². The summed E-state index contributed by atoms with van der Waals surface area (Å²) in [6.07, 6.45) is 3.34. The number of hydrogen-bond donors (Lipinski definition) is 1. The van der Waals surface area contributed by atoms with E-state index >= 15 is 0 Å². The van der Waals surface area contributed by atoms with Gasteiger partial charge in [0, 0.05) is 18.4 Å². The Hall–Kier alpha value is -0.600. The van der Waals surface area contributed by atoms with E-state index in [0.29, 0.717) is 5.02 Å². The molecule has 72 valence electrons. The lowest BCUT2D eigenvalue weighted by molar-refractivity contribution is 0.327. The van der Waals surface area contributed by atoms with Crippen LogP contribution < -0.4 is 5.73 Å². The van der Waals surface area contributed by atoms with E-state index < -0.39 is 0 Å². The highest BCUT2D eigenvalue weighted by Gasteiger charge is 2.23. The third-order valence-corrected chi connectivity index (χ3v) is 2.39. The lowest BCUT2D eigenvalue weighted by Crippen LogP contribution is -2.26. The standard InChI is InChI=1S/C10H15ClN2/c1-10(2,3)9(12)7-4-5-13-6-8(7)11/h4-6,9H,12H2,1-3H3/t9-/m0/s1. The van der Waals surface area contributed by atoms with Gasteiger partial charge in [-0.25, -0.2) is 0 Å². The van der Waals surface area contributed by atoms with Gasteiger partial charge >= 0.3 is 0 Å². The zero-order valence-corrected chi connectivity index (χ0v) is 8.97. The number of aromatic nitrogens is 1. The topological polar surface area (TPSA) is 38.9 Å². The normalized spacial score (nSPS) is 14.2. The van der Waals surface area contributed by atoms with Crippen molar-refractivity contribution in [3.05, 3.63) is 29.0 Å². The first-order chi connectivity index (χ1) is 5.93. The van der Waals surface area contributed by atoms with Crippen molar-refractivity contribution in [3.8, 4) is 0 Å². The number of pyridine rings is 1. The van der Waals surface area contributed by atoms with Gasteiger partial charge in [-0.3, -0.25) is 4.98 Å². The Balaban J connectivity index is 3.02. The molecule has 3 heteroatoms. The zero-order chi connectivity index (χ0) is 10.1. The van der Waals surface area contributed by atoms with Crippen LogP contribution in [0.25, 0.3) is 0 Å². The Bertz CT molecular complexity index is 291. The maximum atomic E-state index is 6.06. The Labute approximate surface area is 84.1 Å². The lowest BCUT2D eigenvalue weighted by atomic mass is 9.83. The summed E-state index contributed by atoms with van der Waals surface area (Å²) >= 11 is 5.98. The maximum absolute atomic E-state index is 6.06. The molecule has 1 aromatic heterocycles. The van der Waals surface area contributed by atoms with Gasteiger partial charge in [0.1, 0.15) is 0 Å². The van der Waals surface area contributed by atoms with Gasteiger partial charge in [0.25, 0.3) is 0 Å². The van der Waals surface area contributed by atoms with Crippen molar-refractivity contribution in [3.63, 3.8) is 0 Å². The molecule has 2 N–H and O–H groups in total. The van der Waals surface area contributed by atoms with E-state index in [4.69, 9.17) is 17.3 Å². The second-order valence-corrected chi connectivity index (χ2v) is 4.65. The molecule has 0 saturated carbocycles. The van der Waals surface area contributed by atoms with E-state index in [1.54, 1.807) is 12.4 Å². The van der Waals surface area contributed by atoms with E-state index in [1.807, 2.05) is 6.07 Å². The molecule has 0 aliphatic rings. The second kappa shape index (κ2) is 3.64. The smallest absolute Gasteiger partial charge is 0.0637 e. The Morgan fingerprint density at radius 3 is 2.54 bits per heavy atom. The molecule has 2 nitrogen and oxygen atoms in total. The Kier molecular flexibility index (Phi) is 2.94. The van der Waals surface area contributed by atoms with Crippen LogP contribution in [0.3, 0.4) is 0 Å². The average Bonchev–Trinajstić information content (AvgIpc) is 2.02. The predicted octanol–water partition coefficient (Wildman–Crippen LogP) is 2.78. The van der Waals surface area contributed by atoms with E-state index in [9.17, 15) is 0 Å². The largest absolute Gasteiger partial charge is 0.323 e. The molecular formula is C10H15ClN2. The minimum Gasteiger partial charge on any atom is -0.323 e. The fraction of sp³-hybridized carbons (Fsp3) is 0.500. The molecule has 0 fully saturated rings. The van der Waals surface area contributed by atoms with Crippen LogP contribution >= 0.6 is 11.6 Å². The van der Waals surface area contributed by atoms with Crippen molar-refractivity contribution in [2.45, 2.75) is 26.8 Å². The molecule has 0 aromatic carbocycles. The molecule has 0 bridgehead atoms. The highest BCUT2D eigenvalue weighted by Crippen LogP contribution is 2.33. The summed E-state index contributed by atoms with van der Waals surface area (Å²) in [5, 5.41) is 0.643. The van der Waals surface area contributed by atoms with Gasteiger partial charge in [0.15, 0.2) is 0 Å². The SMILES string of the molecule is CC(C)(C)[C@@H](N)c1ccncc1Cl. The third-order valence-electron chi connectivity index (χ3n) is 2.07. The number of rotatable bonds is 1. The molecule has 1 heterocycles. The fourth-order valence-electron chi connectivity index (χ4n) is 1.10. The van der Waals surface area contributed by atoms with Gasteiger partial charge in [0.2, 0.25) is 0 Å². The molecular weight excluding hydrogens is 184 g/mol. The average molecular weight is 199 g/mol. The van der Waals surface area contributed by atoms with E-state index in [0.717, 1.165) is 5.56 Å². The number of nitrogens with two attached hydrogens (primary N) is 1. The first kappa shape index (κ1) is 10.5. The van der Waals surface area contributed by atoms with Crippen LogP contribution in [0.15, 0.2) is 18.5 Å². The highest BCUT2D eigenvalue weighted by atomic mass is 35.5. The molecule has 13 heavy (non-hydrogen) atoms. The molecule has 0 unspecified atom stereocenters. The highest BCUT2D eigenvalue weighted by molar-refractivity contribution is 6.31. The van der Waals surface area contributed by atoms with Crippen molar-refractivity contribution >= 4 is 11.6 Å².